The van der Waals surface area contributed by atoms with E-state index in [0.717, 1.165) is 5.92 Å². The molecule has 1 N–H and O–H groups in total. The van der Waals surface area contributed by atoms with Crippen LogP contribution in [0.3, 0.4) is 0 Å². The van der Waals surface area contributed by atoms with Gasteiger partial charge in [-0.25, -0.2) is 0 Å². The molecule has 0 saturated carbocycles. The van der Waals surface area contributed by atoms with E-state index in [1.165, 1.54) is 57.8 Å². The zero-order chi connectivity index (χ0) is 12.2. The van der Waals surface area contributed by atoms with Crippen LogP contribution in [0.15, 0.2) is 0 Å². The summed E-state index contributed by atoms with van der Waals surface area (Å²) in [6.07, 6.45) is 11.6. The van der Waals surface area contributed by atoms with Gasteiger partial charge in [-0.15, -0.1) is 0 Å². The van der Waals surface area contributed by atoms with Gasteiger partial charge in [-0.3, -0.25) is 0 Å². The number of aliphatic hydroxyl groups is 1. The summed E-state index contributed by atoms with van der Waals surface area (Å²) in [5.74, 6) is 1.34. The molecule has 0 aromatic rings. The van der Waals surface area contributed by atoms with Crippen LogP contribution < -0.4 is 0 Å². The summed E-state index contributed by atoms with van der Waals surface area (Å²) in [6.45, 7) is 7.16. The Morgan fingerprint density at radius 3 is 1.38 bits per heavy atom. The predicted octanol–water partition coefficient (Wildman–Crippen LogP) is 4.78. The third kappa shape index (κ3) is 7.27. The Morgan fingerprint density at radius 1 is 0.688 bits per heavy atom. The Balaban J connectivity index is 4.06. The van der Waals surface area contributed by atoms with Crippen LogP contribution in [0.2, 0.25) is 0 Å². The molecule has 1 atom stereocenters. The lowest BCUT2D eigenvalue weighted by atomic mass is 9.82. The summed E-state index contributed by atoms with van der Waals surface area (Å²) >= 11 is 0. The first-order valence-electron chi connectivity index (χ1n) is 7.40. The first-order valence-corrected chi connectivity index (χ1v) is 7.40. The van der Waals surface area contributed by atoms with Gasteiger partial charge in [-0.1, -0.05) is 72.1 Å². The lowest BCUT2D eigenvalue weighted by Crippen LogP contribution is -2.19. The molecule has 0 saturated heterocycles. The van der Waals surface area contributed by atoms with Crippen molar-refractivity contribution in [2.75, 3.05) is 6.61 Å². The molecule has 0 radical (unpaired) electrons. The maximum absolute atomic E-state index is 9.52. The zero-order valence-corrected chi connectivity index (χ0v) is 11.7. The second-order valence-electron chi connectivity index (χ2n) is 5.13. The maximum atomic E-state index is 9.52. The average molecular weight is 228 g/mol. The van der Waals surface area contributed by atoms with Gasteiger partial charge in [0.25, 0.3) is 0 Å². The minimum absolute atomic E-state index is 0.401. The van der Waals surface area contributed by atoms with Gasteiger partial charge >= 0.3 is 0 Å². The van der Waals surface area contributed by atoms with E-state index < -0.39 is 0 Å². The summed E-state index contributed by atoms with van der Waals surface area (Å²) in [6, 6.07) is 0. The Morgan fingerprint density at radius 2 is 1.06 bits per heavy atom. The number of hydrogen-bond donors (Lipinski definition) is 1. The third-order valence-corrected chi connectivity index (χ3v) is 3.69. The number of unbranched alkanes of at least 4 members (excludes halogenated alkanes) is 3. The molecule has 0 aliphatic carbocycles. The summed E-state index contributed by atoms with van der Waals surface area (Å²) in [7, 11) is 0. The van der Waals surface area contributed by atoms with E-state index in [1.54, 1.807) is 0 Å². The molecule has 1 unspecified atom stereocenters. The van der Waals surface area contributed by atoms with Crippen molar-refractivity contribution in [3.05, 3.63) is 0 Å². The van der Waals surface area contributed by atoms with Crippen LogP contribution >= 0.6 is 0 Å². The van der Waals surface area contributed by atoms with Crippen molar-refractivity contribution in [1.29, 1.82) is 0 Å². The first kappa shape index (κ1) is 16.0. The van der Waals surface area contributed by atoms with E-state index >= 15 is 0 Å². The molecule has 0 aliphatic rings. The van der Waals surface area contributed by atoms with Gasteiger partial charge in [0.1, 0.15) is 0 Å². The van der Waals surface area contributed by atoms with Crippen molar-refractivity contribution >= 4 is 0 Å². The fraction of sp³-hybridized carbons (Fsp3) is 1.00. The highest BCUT2D eigenvalue weighted by Gasteiger charge is 2.19. The van der Waals surface area contributed by atoms with Crippen molar-refractivity contribution in [2.24, 2.45) is 11.8 Å². The highest BCUT2D eigenvalue weighted by molar-refractivity contribution is 4.70. The lowest BCUT2D eigenvalue weighted by Gasteiger charge is -2.25. The number of rotatable bonds is 11. The number of hydrogen-bond acceptors (Lipinski definition) is 1. The molecular formula is C15H32O. The first-order chi connectivity index (χ1) is 7.79. The van der Waals surface area contributed by atoms with Crippen molar-refractivity contribution in [3.63, 3.8) is 0 Å². The van der Waals surface area contributed by atoms with E-state index in [1.807, 2.05) is 0 Å². The Bertz CT molecular complexity index is 125. The smallest absolute Gasteiger partial charge is 0.0461 e. The fourth-order valence-electron chi connectivity index (χ4n) is 2.49. The summed E-state index contributed by atoms with van der Waals surface area (Å²) < 4.78 is 0. The predicted molar refractivity (Wildman–Crippen MR) is 72.6 cm³/mol. The molecule has 0 fully saturated rings. The molecular weight excluding hydrogens is 196 g/mol. The highest BCUT2D eigenvalue weighted by atomic mass is 16.3. The molecule has 0 aliphatic heterocycles. The van der Waals surface area contributed by atoms with Gasteiger partial charge in [-0.05, 0) is 18.3 Å². The van der Waals surface area contributed by atoms with Crippen molar-refractivity contribution in [2.45, 2.75) is 78.6 Å². The monoisotopic (exact) mass is 228 g/mol. The fourth-order valence-corrected chi connectivity index (χ4v) is 2.49. The highest BCUT2D eigenvalue weighted by Crippen LogP contribution is 2.28. The quantitative estimate of drug-likeness (QED) is 0.539. The van der Waals surface area contributed by atoms with Crippen LogP contribution in [0.4, 0.5) is 0 Å². The van der Waals surface area contributed by atoms with Crippen LogP contribution in [-0.4, -0.2) is 11.7 Å². The molecule has 0 spiro atoms. The van der Waals surface area contributed by atoms with Crippen LogP contribution in [0.1, 0.15) is 78.6 Å². The summed E-state index contributed by atoms with van der Waals surface area (Å²) in [5.41, 5.74) is 0. The zero-order valence-electron chi connectivity index (χ0n) is 11.7. The molecule has 0 heterocycles. The van der Waals surface area contributed by atoms with E-state index in [9.17, 15) is 5.11 Å². The summed E-state index contributed by atoms with van der Waals surface area (Å²) in [5, 5.41) is 9.52. The normalized spacial score (nSPS) is 13.3. The molecule has 0 aromatic carbocycles. The minimum Gasteiger partial charge on any atom is -0.396 e. The maximum Gasteiger partial charge on any atom is 0.0461 e. The second kappa shape index (κ2) is 11.4. The van der Waals surface area contributed by atoms with Gasteiger partial charge in [0.2, 0.25) is 0 Å². The van der Waals surface area contributed by atoms with Crippen molar-refractivity contribution in [1.82, 2.24) is 0 Å². The van der Waals surface area contributed by atoms with Gasteiger partial charge in [-0.2, -0.15) is 0 Å². The molecule has 16 heavy (non-hydrogen) atoms. The van der Waals surface area contributed by atoms with E-state index in [-0.39, 0.29) is 0 Å². The number of aliphatic hydroxyl groups excluding tert-OH is 1. The van der Waals surface area contributed by atoms with E-state index in [2.05, 4.69) is 20.8 Å². The largest absolute Gasteiger partial charge is 0.396 e. The lowest BCUT2D eigenvalue weighted by molar-refractivity contribution is 0.148. The molecule has 0 aromatic heterocycles. The molecule has 1 nitrogen and oxygen atoms in total. The molecule has 1 heteroatoms. The molecule has 0 amide bonds. The third-order valence-electron chi connectivity index (χ3n) is 3.69. The van der Waals surface area contributed by atoms with E-state index in [4.69, 9.17) is 0 Å². The van der Waals surface area contributed by atoms with Crippen LogP contribution in [0, 0.1) is 11.8 Å². The standard InChI is InChI=1S/C15H32O/c1-4-7-10-14(11-8-5-2)15(13-16)12-9-6-3/h14-16H,4-13H2,1-3H3. The topological polar surface area (TPSA) is 20.2 Å². The van der Waals surface area contributed by atoms with Crippen molar-refractivity contribution < 1.29 is 5.11 Å². The van der Waals surface area contributed by atoms with Crippen molar-refractivity contribution in [3.8, 4) is 0 Å². The Kier molecular flexibility index (Phi) is 11.4. The minimum atomic E-state index is 0.401. The van der Waals surface area contributed by atoms with Gasteiger partial charge in [0.15, 0.2) is 0 Å². The molecule has 98 valence electrons. The molecule has 0 rings (SSSR count). The van der Waals surface area contributed by atoms with Crippen LogP contribution in [0.25, 0.3) is 0 Å². The van der Waals surface area contributed by atoms with Crippen LogP contribution in [0.5, 0.6) is 0 Å². The average Bonchev–Trinajstić information content (AvgIpc) is 2.32. The SMILES string of the molecule is CCCCC(CO)C(CCCC)CCCC. The van der Waals surface area contributed by atoms with Gasteiger partial charge < -0.3 is 5.11 Å². The Labute approximate surface area is 103 Å². The Hall–Kier alpha value is -0.0400. The molecule has 0 bridgehead atoms. The van der Waals surface area contributed by atoms with Gasteiger partial charge in [0.05, 0.1) is 0 Å². The van der Waals surface area contributed by atoms with Crippen LogP contribution in [-0.2, 0) is 0 Å². The second-order valence-corrected chi connectivity index (χ2v) is 5.13. The summed E-state index contributed by atoms with van der Waals surface area (Å²) in [4.78, 5) is 0. The van der Waals surface area contributed by atoms with Gasteiger partial charge in [0, 0.05) is 6.61 Å². The van der Waals surface area contributed by atoms with E-state index in [0.29, 0.717) is 12.5 Å².